The Balaban J connectivity index is 1.43. The van der Waals surface area contributed by atoms with Gasteiger partial charge in [0.1, 0.15) is 11.3 Å². The van der Waals surface area contributed by atoms with Gasteiger partial charge >= 0.3 is 0 Å². The number of hydrazone groups is 1. The predicted octanol–water partition coefficient (Wildman–Crippen LogP) is 3.25. The summed E-state index contributed by atoms with van der Waals surface area (Å²) in [5.74, 6) is 0.267. The first-order valence-corrected chi connectivity index (χ1v) is 9.56. The van der Waals surface area contributed by atoms with Gasteiger partial charge in [-0.05, 0) is 37.7 Å². The summed E-state index contributed by atoms with van der Waals surface area (Å²) in [4.78, 5) is 17.9. The summed E-state index contributed by atoms with van der Waals surface area (Å²) >= 11 is 2.99. The molecule has 1 aliphatic heterocycles. The first kappa shape index (κ1) is 16.9. The van der Waals surface area contributed by atoms with E-state index < -0.39 is 0 Å². The van der Waals surface area contributed by atoms with Crippen molar-refractivity contribution in [2.24, 2.45) is 5.10 Å². The van der Waals surface area contributed by atoms with E-state index in [0.29, 0.717) is 17.0 Å². The van der Waals surface area contributed by atoms with Gasteiger partial charge in [-0.15, -0.1) is 0 Å². The monoisotopic (exact) mass is 385 g/mol. The van der Waals surface area contributed by atoms with Gasteiger partial charge in [0.25, 0.3) is 5.91 Å². The van der Waals surface area contributed by atoms with Crippen molar-refractivity contribution in [3.8, 4) is 0 Å². The van der Waals surface area contributed by atoms with Crippen LogP contribution in [0.5, 0.6) is 0 Å². The lowest BCUT2D eigenvalue weighted by atomic mass is 10.2. The van der Waals surface area contributed by atoms with Crippen molar-refractivity contribution in [1.29, 1.82) is 0 Å². The number of nitrogens with one attached hydrogen (secondary N) is 2. The van der Waals surface area contributed by atoms with E-state index in [2.05, 4.69) is 26.0 Å². The van der Waals surface area contributed by atoms with Crippen LogP contribution >= 0.6 is 23.5 Å². The molecule has 1 aliphatic rings. The Kier molecular flexibility index (Phi) is 4.56. The normalized spacial score (nSPS) is 16.4. The standard InChI is InChI=1S/C17H15N5O2S2/c1-9-14(10(2)24-22-9)15(23)19-16-20-21-17(26-16)25-13-7-8-18-12-6-4-3-5-11(12)13/h3-8,16,20H,1-2H3,(H,19,23). The fraction of sp³-hybridized carbons (Fsp3) is 0.176. The third kappa shape index (κ3) is 3.27. The number of hydrogen-bond donors (Lipinski definition) is 2. The molecule has 0 saturated heterocycles. The number of rotatable bonds is 3. The molecule has 1 aromatic carbocycles. The number of para-hydroxylation sites is 1. The Morgan fingerprint density at radius 2 is 2.15 bits per heavy atom. The number of thioether (sulfide) groups is 2. The fourth-order valence-corrected chi connectivity index (χ4v) is 4.65. The number of carbonyl (C=O) groups is 1. The molecule has 0 radical (unpaired) electrons. The molecule has 1 amide bonds. The van der Waals surface area contributed by atoms with E-state index in [9.17, 15) is 4.79 Å². The molecule has 3 heterocycles. The summed E-state index contributed by atoms with van der Waals surface area (Å²) in [7, 11) is 0. The van der Waals surface area contributed by atoms with Crippen LogP contribution in [0.2, 0.25) is 0 Å². The van der Waals surface area contributed by atoms with Crippen molar-refractivity contribution in [2.75, 3.05) is 0 Å². The lowest BCUT2D eigenvalue weighted by molar-refractivity contribution is 0.0944. The Bertz CT molecular complexity index is 993. The molecule has 2 N–H and O–H groups in total. The molecular formula is C17H15N5O2S2. The van der Waals surface area contributed by atoms with Crippen LogP contribution in [-0.2, 0) is 0 Å². The Labute approximate surface area is 158 Å². The van der Waals surface area contributed by atoms with Gasteiger partial charge in [0.15, 0.2) is 9.87 Å². The quantitative estimate of drug-likeness (QED) is 0.715. The van der Waals surface area contributed by atoms with Gasteiger partial charge in [-0.25, -0.2) is 0 Å². The highest BCUT2D eigenvalue weighted by molar-refractivity contribution is 8.39. The summed E-state index contributed by atoms with van der Waals surface area (Å²) in [6.45, 7) is 3.46. The van der Waals surface area contributed by atoms with Crippen LogP contribution in [0, 0.1) is 13.8 Å². The van der Waals surface area contributed by atoms with Gasteiger partial charge in [0.2, 0.25) is 0 Å². The average molecular weight is 385 g/mol. The highest BCUT2D eigenvalue weighted by atomic mass is 32.2. The van der Waals surface area contributed by atoms with Gasteiger partial charge in [-0.2, -0.15) is 5.10 Å². The molecule has 0 spiro atoms. The van der Waals surface area contributed by atoms with Gasteiger partial charge < -0.3 is 9.84 Å². The lowest BCUT2D eigenvalue weighted by Gasteiger charge is -2.11. The van der Waals surface area contributed by atoms with Crippen LogP contribution in [0.1, 0.15) is 21.8 Å². The zero-order valence-electron chi connectivity index (χ0n) is 14.0. The number of aryl methyl sites for hydroxylation is 2. The number of benzene rings is 1. The first-order valence-electron chi connectivity index (χ1n) is 7.87. The smallest absolute Gasteiger partial charge is 0.259 e. The molecular weight excluding hydrogens is 370 g/mol. The third-order valence-corrected chi connectivity index (χ3v) is 5.95. The lowest BCUT2D eigenvalue weighted by Crippen LogP contribution is -2.39. The van der Waals surface area contributed by atoms with Crippen LogP contribution in [0.3, 0.4) is 0 Å². The van der Waals surface area contributed by atoms with E-state index in [1.807, 2.05) is 30.3 Å². The summed E-state index contributed by atoms with van der Waals surface area (Å²) in [5, 5.41) is 12.1. The van der Waals surface area contributed by atoms with Crippen molar-refractivity contribution in [2.45, 2.75) is 24.2 Å². The Hall–Kier alpha value is -2.52. The number of fused-ring (bicyclic) bond motifs is 1. The van der Waals surface area contributed by atoms with Gasteiger partial charge in [0, 0.05) is 16.5 Å². The van der Waals surface area contributed by atoms with Crippen molar-refractivity contribution in [1.82, 2.24) is 20.9 Å². The summed E-state index contributed by atoms with van der Waals surface area (Å²) in [6.07, 6.45) is 1.79. The number of aromatic nitrogens is 2. The minimum absolute atomic E-state index is 0.234. The van der Waals surface area contributed by atoms with Crippen molar-refractivity contribution in [3.05, 3.63) is 53.5 Å². The van der Waals surface area contributed by atoms with E-state index in [1.54, 1.807) is 31.8 Å². The van der Waals surface area contributed by atoms with Crippen LogP contribution < -0.4 is 10.7 Å². The molecule has 132 valence electrons. The van der Waals surface area contributed by atoms with Crippen molar-refractivity contribution >= 4 is 44.7 Å². The second-order valence-electron chi connectivity index (χ2n) is 5.61. The topological polar surface area (TPSA) is 92.4 Å². The largest absolute Gasteiger partial charge is 0.361 e. The van der Waals surface area contributed by atoms with E-state index in [-0.39, 0.29) is 11.4 Å². The van der Waals surface area contributed by atoms with Crippen LogP contribution in [-0.4, -0.2) is 25.9 Å². The number of pyridine rings is 1. The second kappa shape index (κ2) is 7.00. The molecule has 1 unspecified atom stereocenters. The number of carbonyl (C=O) groups excluding carboxylic acids is 1. The third-order valence-electron chi connectivity index (χ3n) is 3.82. The van der Waals surface area contributed by atoms with Crippen LogP contribution in [0.25, 0.3) is 10.9 Å². The maximum Gasteiger partial charge on any atom is 0.259 e. The first-order chi connectivity index (χ1) is 12.6. The maximum absolute atomic E-state index is 12.4. The van der Waals surface area contributed by atoms with Crippen molar-refractivity contribution < 1.29 is 9.32 Å². The van der Waals surface area contributed by atoms with Crippen LogP contribution in [0.4, 0.5) is 0 Å². The Morgan fingerprint density at radius 1 is 1.31 bits per heavy atom. The molecule has 0 fully saturated rings. The molecule has 0 saturated carbocycles. The van der Waals surface area contributed by atoms with Gasteiger partial charge in [0.05, 0.1) is 11.2 Å². The number of amides is 1. The van der Waals surface area contributed by atoms with Gasteiger partial charge in [-0.3, -0.25) is 15.2 Å². The summed E-state index contributed by atoms with van der Waals surface area (Å²) in [5.41, 5.74) is 4.58. The number of nitrogens with zero attached hydrogens (tertiary/aromatic N) is 3. The molecule has 7 nitrogen and oxygen atoms in total. The zero-order valence-corrected chi connectivity index (χ0v) is 15.6. The molecule has 3 aromatic rings. The van der Waals surface area contributed by atoms with Crippen molar-refractivity contribution in [3.63, 3.8) is 0 Å². The molecule has 0 bridgehead atoms. The second-order valence-corrected chi connectivity index (χ2v) is 7.99. The maximum atomic E-state index is 12.4. The molecule has 0 aliphatic carbocycles. The minimum Gasteiger partial charge on any atom is -0.361 e. The molecule has 4 rings (SSSR count). The fourth-order valence-electron chi connectivity index (χ4n) is 2.62. The minimum atomic E-state index is -0.341. The van der Waals surface area contributed by atoms with E-state index in [1.165, 1.54) is 11.8 Å². The highest BCUT2D eigenvalue weighted by Crippen LogP contribution is 2.34. The average Bonchev–Trinajstić information content (AvgIpc) is 3.21. The SMILES string of the molecule is Cc1noc(C)c1C(=O)NC1NN=C(Sc2ccnc3ccccc23)S1. The molecule has 2 aromatic heterocycles. The van der Waals surface area contributed by atoms with Crippen LogP contribution in [0.15, 0.2) is 51.0 Å². The zero-order chi connectivity index (χ0) is 18.1. The van der Waals surface area contributed by atoms with Gasteiger partial charge in [-0.1, -0.05) is 35.1 Å². The predicted molar refractivity (Wildman–Crippen MR) is 103 cm³/mol. The van der Waals surface area contributed by atoms with E-state index >= 15 is 0 Å². The Morgan fingerprint density at radius 3 is 2.96 bits per heavy atom. The highest BCUT2D eigenvalue weighted by Gasteiger charge is 2.25. The number of hydrogen-bond acceptors (Lipinski definition) is 8. The summed E-state index contributed by atoms with van der Waals surface area (Å²) in [6, 6.07) is 9.94. The molecule has 26 heavy (non-hydrogen) atoms. The van der Waals surface area contributed by atoms with E-state index in [0.717, 1.165) is 20.2 Å². The molecule has 9 heteroatoms. The van der Waals surface area contributed by atoms with E-state index in [4.69, 9.17) is 4.52 Å². The molecule has 1 atom stereocenters. The summed E-state index contributed by atoms with van der Waals surface area (Å²) < 4.78 is 5.87.